The predicted octanol–water partition coefficient (Wildman–Crippen LogP) is 5.73. The number of rotatable bonds is 6. The van der Waals surface area contributed by atoms with Gasteiger partial charge in [-0.25, -0.2) is 0 Å². The number of carbonyl (C=O) groups is 1. The zero-order valence-corrected chi connectivity index (χ0v) is 30.6. The van der Waals surface area contributed by atoms with Gasteiger partial charge in [0.2, 0.25) is 5.91 Å². The van der Waals surface area contributed by atoms with E-state index >= 15 is 0 Å². The van der Waals surface area contributed by atoms with Crippen molar-refractivity contribution in [2.75, 3.05) is 26.8 Å². The van der Waals surface area contributed by atoms with Gasteiger partial charge in [0.1, 0.15) is 6.10 Å². The van der Waals surface area contributed by atoms with Gasteiger partial charge in [-0.1, -0.05) is 40.7 Å². The van der Waals surface area contributed by atoms with Crippen LogP contribution in [0.5, 0.6) is 0 Å². The first-order chi connectivity index (χ1) is 22.1. The predicted molar refractivity (Wildman–Crippen MR) is 179 cm³/mol. The van der Waals surface area contributed by atoms with E-state index in [1.165, 1.54) is 18.4 Å². The number of methoxy groups -OCH3 is 1. The van der Waals surface area contributed by atoms with E-state index in [9.17, 15) is 15.0 Å². The van der Waals surface area contributed by atoms with Crippen molar-refractivity contribution in [1.82, 2.24) is 4.90 Å². The molecule has 5 aliphatic carbocycles. The molecule has 0 aromatic rings. The van der Waals surface area contributed by atoms with Crippen LogP contribution in [-0.4, -0.2) is 90.2 Å². The highest BCUT2D eigenvalue weighted by molar-refractivity contribution is 5.78. The number of fused-ring (bicyclic) bond motifs is 4. The van der Waals surface area contributed by atoms with Gasteiger partial charge in [0.25, 0.3) is 0 Å². The van der Waals surface area contributed by atoms with Gasteiger partial charge in [-0.3, -0.25) is 4.79 Å². The van der Waals surface area contributed by atoms with Crippen molar-refractivity contribution in [1.29, 1.82) is 0 Å². The summed E-state index contributed by atoms with van der Waals surface area (Å²) < 4.78 is 25.5. The fraction of sp³-hybridized carbons (Fsp3) is 0.923. The second-order valence-electron chi connectivity index (χ2n) is 18.2. The summed E-state index contributed by atoms with van der Waals surface area (Å²) in [7, 11) is 1.66. The summed E-state index contributed by atoms with van der Waals surface area (Å²) in [6.45, 7) is 18.6. The van der Waals surface area contributed by atoms with E-state index in [2.05, 4.69) is 33.8 Å². The van der Waals surface area contributed by atoms with Gasteiger partial charge < -0.3 is 34.1 Å². The molecule has 266 valence electrons. The number of morpholine rings is 1. The van der Waals surface area contributed by atoms with Gasteiger partial charge in [-0.05, 0) is 118 Å². The normalized spacial score (nSPS) is 50.7. The van der Waals surface area contributed by atoms with Crippen LogP contribution >= 0.6 is 0 Å². The molecule has 7 fully saturated rings. The Morgan fingerprint density at radius 1 is 1.13 bits per heavy atom. The summed E-state index contributed by atoms with van der Waals surface area (Å²) in [4.78, 5) is 14.7. The van der Waals surface area contributed by atoms with Gasteiger partial charge in [0.15, 0.2) is 6.29 Å². The molecule has 0 aromatic heterocycles. The summed E-state index contributed by atoms with van der Waals surface area (Å²) >= 11 is 0. The van der Waals surface area contributed by atoms with Crippen LogP contribution in [0.3, 0.4) is 0 Å². The Balaban J connectivity index is 1.12. The van der Waals surface area contributed by atoms with Gasteiger partial charge in [0, 0.05) is 25.0 Å². The number of carbonyl (C=O) groups excluding carboxylic acids is 1. The first-order valence-corrected chi connectivity index (χ1v) is 18.9. The lowest BCUT2D eigenvalue weighted by molar-refractivity contribution is -0.210. The lowest BCUT2D eigenvalue weighted by Gasteiger charge is -2.62. The van der Waals surface area contributed by atoms with Crippen molar-refractivity contribution in [3.8, 4) is 0 Å². The molecule has 1 amide bonds. The number of aliphatic hydroxyl groups excluding tert-OH is 1. The van der Waals surface area contributed by atoms with Crippen LogP contribution in [0.2, 0.25) is 0 Å². The van der Waals surface area contributed by atoms with E-state index in [0.717, 1.165) is 38.5 Å². The summed E-state index contributed by atoms with van der Waals surface area (Å²) in [6, 6.07) is 0. The molecule has 14 atom stereocenters. The highest BCUT2D eigenvalue weighted by Crippen LogP contribution is 2.88. The van der Waals surface area contributed by atoms with Crippen LogP contribution in [0.1, 0.15) is 107 Å². The Labute approximate surface area is 283 Å². The maximum atomic E-state index is 12.7. The van der Waals surface area contributed by atoms with Crippen LogP contribution in [-0.2, 0) is 23.7 Å². The first-order valence-electron chi connectivity index (χ1n) is 18.9. The van der Waals surface area contributed by atoms with Crippen molar-refractivity contribution < 1.29 is 34.0 Å². The van der Waals surface area contributed by atoms with Gasteiger partial charge in [-0.2, -0.15) is 0 Å². The van der Waals surface area contributed by atoms with E-state index < -0.39 is 17.8 Å². The van der Waals surface area contributed by atoms with Crippen molar-refractivity contribution in [2.24, 2.45) is 51.2 Å². The average molecular weight is 658 g/mol. The van der Waals surface area contributed by atoms with Crippen LogP contribution in [0, 0.1) is 51.2 Å². The summed E-state index contributed by atoms with van der Waals surface area (Å²) in [6.07, 6.45) is 9.37. The molecule has 8 heteroatoms. The molecule has 7 rings (SSSR count). The fourth-order valence-electron chi connectivity index (χ4n) is 13.6. The first kappa shape index (κ1) is 34.4. The number of hydrogen-bond donors (Lipinski definition) is 2. The Bertz CT molecular complexity index is 1260. The number of hydrogen-bond acceptors (Lipinski definition) is 7. The highest BCUT2D eigenvalue weighted by atomic mass is 16.7. The molecule has 0 bridgehead atoms. The SMILES string of the molecule is C/C=C1/[C@@H](O[C@H]2CN(C(=O)C(C)C)CCO2)CC[C@]23C[C@]24CC[C@]2(C)[C@@H]5[C@H](O[C@@H]([C@H](OC)C(C)(C)O)C[C@H]5C)[C@H](O)[C@@]2(C)[C@@H]4CC[C@@H]13. The minimum atomic E-state index is -1.03. The minimum Gasteiger partial charge on any atom is -0.390 e. The zero-order valence-electron chi connectivity index (χ0n) is 30.6. The third-order valence-electron chi connectivity index (χ3n) is 15.6. The maximum absolute atomic E-state index is 12.7. The second kappa shape index (κ2) is 11.5. The Hall–Kier alpha value is -1.03. The standard InChI is InChI=1S/C39H63NO7/c1-10-24-25-11-12-28-37(8)32(41)31-30(23(4)19-27(47-31)33(44-9)35(5,6)43)36(37,7)15-16-39(28)21-38(25,39)14-13-26(24)46-29-20-40(17-18-45-29)34(42)22(2)3/h10,22-23,25-33,41,43H,11-21H2,1-9H3/b24-10+/t23-,25+,26+,27-,28+,29+,30+,31+,32+,33+,36-,37-,38-,39+/m1/s1. The van der Waals surface area contributed by atoms with Gasteiger partial charge in [-0.15, -0.1) is 0 Å². The van der Waals surface area contributed by atoms with Crippen LogP contribution in [0.4, 0.5) is 0 Å². The number of nitrogens with zero attached hydrogens (tertiary/aromatic N) is 1. The molecule has 0 radical (unpaired) electrons. The molecule has 2 heterocycles. The summed E-state index contributed by atoms with van der Waals surface area (Å²) in [5, 5.41) is 23.5. The highest BCUT2D eigenvalue weighted by Gasteiger charge is 2.83. The number of amides is 1. The lowest BCUT2D eigenvalue weighted by atomic mass is 9.42. The largest absolute Gasteiger partial charge is 0.390 e. The van der Waals surface area contributed by atoms with Crippen molar-refractivity contribution in [3.63, 3.8) is 0 Å². The third kappa shape index (κ3) is 4.70. The topological polar surface area (TPSA) is 97.7 Å². The molecular weight excluding hydrogens is 594 g/mol. The second-order valence-corrected chi connectivity index (χ2v) is 18.2. The van der Waals surface area contributed by atoms with Crippen LogP contribution < -0.4 is 0 Å². The van der Waals surface area contributed by atoms with E-state index in [1.807, 2.05) is 18.7 Å². The summed E-state index contributed by atoms with van der Waals surface area (Å²) in [5.74, 6) is 1.77. The van der Waals surface area contributed by atoms with E-state index in [0.29, 0.717) is 37.5 Å². The molecule has 2 saturated heterocycles. The van der Waals surface area contributed by atoms with Crippen molar-refractivity contribution in [2.45, 2.75) is 149 Å². The van der Waals surface area contributed by atoms with E-state index in [-0.39, 0.29) is 64.0 Å². The molecule has 47 heavy (non-hydrogen) atoms. The van der Waals surface area contributed by atoms with Crippen molar-refractivity contribution >= 4 is 5.91 Å². The molecule has 0 unspecified atom stereocenters. The quantitative estimate of drug-likeness (QED) is 0.352. The minimum absolute atomic E-state index is 0.00728. The number of allylic oxidation sites excluding steroid dienone is 1. The summed E-state index contributed by atoms with van der Waals surface area (Å²) in [5.41, 5.74) is 0.705. The molecule has 0 aromatic carbocycles. The molecular formula is C39H63NO7. The molecule has 8 nitrogen and oxygen atoms in total. The Kier molecular flexibility index (Phi) is 8.42. The molecule has 2 spiro atoms. The molecule has 7 aliphatic rings. The van der Waals surface area contributed by atoms with Gasteiger partial charge in [0.05, 0.1) is 43.2 Å². The average Bonchev–Trinajstić information content (AvgIpc) is 3.65. The van der Waals surface area contributed by atoms with E-state index in [1.54, 1.807) is 21.0 Å². The van der Waals surface area contributed by atoms with E-state index in [4.69, 9.17) is 18.9 Å². The van der Waals surface area contributed by atoms with Crippen LogP contribution in [0.25, 0.3) is 0 Å². The zero-order chi connectivity index (χ0) is 33.9. The third-order valence-corrected chi connectivity index (χ3v) is 15.6. The Morgan fingerprint density at radius 2 is 1.87 bits per heavy atom. The maximum Gasteiger partial charge on any atom is 0.225 e. The fourth-order valence-corrected chi connectivity index (χ4v) is 13.6. The smallest absolute Gasteiger partial charge is 0.225 e. The monoisotopic (exact) mass is 657 g/mol. The molecule has 2 N–H and O–H groups in total. The molecule has 2 aliphatic heterocycles. The van der Waals surface area contributed by atoms with Crippen molar-refractivity contribution in [3.05, 3.63) is 11.6 Å². The van der Waals surface area contributed by atoms with Crippen LogP contribution in [0.15, 0.2) is 11.6 Å². The number of ether oxygens (including phenoxy) is 4. The lowest BCUT2D eigenvalue weighted by Crippen LogP contribution is -2.58. The number of aliphatic hydroxyl groups is 2. The molecule has 5 saturated carbocycles. The van der Waals surface area contributed by atoms with Gasteiger partial charge >= 0.3 is 0 Å². The Morgan fingerprint density at radius 3 is 2.53 bits per heavy atom.